The van der Waals surface area contributed by atoms with Gasteiger partial charge >= 0.3 is 0 Å². The highest BCUT2D eigenvalue weighted by Gasteiger charge is 2.51. The third-order valence-electron chi connectivity index (χ3n) is 1.35. The predicted octanol–water partition coefficient (Wildman–Crippen LogP) is 2.50. The topological polar surface area (TPSA) is 0 Å². The lowest BCUT2D eigenvalue weighted by Crippen LogP contribution is -1.97. The van der Waals surface area contributed by atoms with Crippen LogP contribution in [0.4, 0.5) is 0 Å². The summed E-state index contributed by atoms with van der Waals surface area (Å²) < 4.78 is 0.542. The molecule has 3 heteroatoms. The highest BCUT2D eigenvalue weighted by Crippen LogP contribution is 2.65. The fourth-order valence-electron chi connectivity index (χ4n) is 0.724. The Labute approximate surface area is 63.6 Å². The molecule has 1 saturated heterocycles. The normalized spacial score (nSPS) is 32.6. The Bertz CT molecular complexity index is 82.2. The molecule has 0 aromatic rings. The first-order chi connectivity index (χ1) is 3.75. The molecule has 1 unspecified atom stereocenters. The van der Waals surface area contributed by atoms with Gasteiger partial charge in [-0.2, -0.15) is 0 Å². The molecule has 8 heavy (non-hydrogen) atoms. The molecule has 0 aliphatic carbocycles. The van der Waals surface area contributed by atoms with Crippen LogP contribution in [0.3, 0.4) is 0 Å². The molecule has 0 aromatic carbocycles. The first-order valence-corrected chi connectivity index (χ1v) is 5.86. The Morgan fingerprint density at radius 3 is 1.75 bits per heavy atom. The standard InChI is InChI=1S/C5H10S3/c1-4-5(6-2,7-3)8-4/h4H,1-3H3. The molecule has 48 valence electrons. The Hall–Kier alpha value is 1.05. The molecule has 0 spiro atoms. The summed E-state index contributed by atoms with van der Waals surface area (Å²) in [7, 11) is 0. The Balaban J connectivity index is 2.39. The minimum Gasteiger partial charge on any atom is -0.136 e. The predicted molar refractivity (Wildman–Crippen MR) is 46.8 cm³/mol. The molecule has 0 nitrogen and oxygen atoms in total. The van der Waals surface area contributed by atoms with Crippen molar-refractivity contribution in [1.82, 2.24) is 0 Å². The van der Waals surface area contributed by atoms with E-state index in [0.717, 1.165) is 5.25 Å². The number of thioether (sulfide) groups is 3. The fraction of sp³-hybridized carbons (Fsp3) is 1.00. The van der Waals surface area contributed by atoms with Crippen LogP contribution >= 0.6 is 35.3 Å². The minimum atomic E-state index is 0.542. The van der Waals surface area contributed by atoms with Gasteiger partial charge in [0.2, 0.25) is 0 Å². The van der Waals surface area contributed by atoms with Crippen molar-refractivity contribution in [2.75, 3.05) is 12.5 Å². The molecule has 0 aromatic heterocycles. The van der Waals surface area contributed by atoms with Crippen molar-refractivity contribution < 1.29 is 0 Å². The van der Waals surface area contributed by atoms with Gasteiger partial charge in [0.1, 0.15) is 3.41 Å². The maximum absolute atomic E-state index is 2.29. The average Bonchev–Trinajstić information content (AvgIpc) is 2.43. The van der Waals surface area contributed by atoms with Crippen LogP contribution in [0, 0.1) is 0 Å². The molecule has 1 rings (SSSR count). The highest BCUT2D eigenvalue weighted by molar-refractivity contribution is 8.39. The van der Waals surface area contributed by atoms with Gasteiger partial charge in [0.15, 0.2) is 0 Å². The molecule has 1 fully saturated rings. The largest absolute Gasteiger partial charge is 0.136 e. The smallest absolute Gasteiger partial charge is 0.118 e. The van der Waals surface area contributed by atoms with Crippen molar-refractivity contribution >= 4 is 35.3 Å². The van der Waals surface area contributed by atoms with Gasteiger partial charge in [-0.05, 0) is 12.5 Å². The van der Waals surface area contributed by atoms with Gasteiger partial charge in [-0.25, -0.2) is 0 Å². The number of rotatable bonds is 2. The Morgan fingerprint density at radius 1 is 1.38 bits per heavy atom. The van der Waals surface area contributed by atoms with Gasteiger partial charge in [-0.1, -0.05) is 6.92 Å². The quantitative estimate of drug-likeness (QED) is 0.457. The molecule has 1 atom stereocenters. The van der Waals surface area contributed by atoms with Gasteiger partial charge in [0.25, 0.3) is 0 Å². The lowest BCUT2D eigenvalue weighted by molar-refractivity contribution is 1.16. The van der Waals surface area contributed by atoms with Crippen molar-refractivity contribution in [1.29, 1.82) is 0 Å². The third kappa shape index (κ3) is 1.00. The van der Waals surface area contributed by atoms with E-state index in [9.17, 15) is 0 Å². The van der Waals surface area contributed by atoms with Gasteiger partial charge in [0, 0.05) is 5.25 Å². The molecule has 1 heterocycles. The summed E-state index contributed by atoms with van der Waals surface area (Å²) in [6.07, 6.45) is 4.38. The first-order valence-electron chi connectivity index (χ1n) is 2.53. The Morgan fingerprint density at radius 2 is 1.75 bits per heavy atom. The second kappa shape index (κ2) is 2.35. The lowest BCUT2D eigenvalue weighted by Gasteiger charge is -2.04. The van der Waals surface area contributed by atoms with E-state index in [2.05, 4.69) is 31.2 Å². The summed E-state index contributed by atoms with van der Waals surface area (Å²) >= 11 is 6.01. The van der Waals surface area contributed by atoms with E-state index in [1.165, 1.54) is 0 Å². The van der Waals surface area contributed by atoms with Crippen LogP contribution in [0.15, 0.2) is 0 Å². The summed E-state index contributed by atoms with van der Waals surface area (Å²) in [5, 5.41) is 0.868. The van der Waals surface area contributed by atoms with Crippen LogP contribution in [0.25, 0.3) is 0 Å². The van der Waals surface area contributed by atoms with Crippen molar-refractivity contribution in [2.24, 2.45) is 0 Å². The van der Waals surface area contributed by atoms with Gasteiger partial charge in [0.05, 0.1) is 0 Å². The van der Waals surface area contributed by atoms with Crippen LogP contribution in [-0.2, 0) is 0 Å². The van der Waals surface area contributed by atoms with Gasteiger partial charge < -0.3 is 0 Å². The molecular weight excluding hydrogens is 156 g/mol. The van der Waals surface area contributed by atoms with E-state index in [0.29, 0.717) is 3.41 Å². The van der Waals surface area contributed by atoms with Crippen LogP contribution in [0.2, 0.25) is 0 Å². The van der Waals surface area contributed by atoms with Crippen LogP contribution in [0.1, 0.15) is 6.92 Å². The Kier molecular flexibility index (Phi) is 2.10. The molecule has 0 N–H and O–H groups in total. The van der Waals surface area contributed by atoms with Gasteiger partial charge in [-0.3, -0.25) is 0 Å². The molecule has 0 radical (unpaired) electrons. The van der Waals surface area contributed by atoms with E-state index in [1.54, 1.807) is 0 Å². The fourth-order valence-corrected chi connectivity index (χ4v) is 4.69. The summed E-state index contributed by atoms with van der Waals surface area (Å²) in [6.45, 7) is 2.29. The average molecular weight is 166 g/mol. The van der Waals surface area contributed by atoms with Crippen molar-refractivity contribution in [2.45, 2.75) is 15.6 Å². The molecule has 0 saturated carbocycles. The number of hydrogen-bond acceptors (Lipinski definition) is 3. The van der Waals surface area contributed by atoms with E-state index in [1.807, 2.05) is 23.5 Å². The summed E-state index contributed by atoms with van der Waals surface area (Å²) in [5.41, 5.74) is 0. The zero-order chi connectivity index (χ0) is 6.20. The van der Waals surface area contributed by atoms with Crippen LogP contribution in [0.5, 0.6) is 0 Å². The number of hydrogen-bond donors (Lipinski definition) is 0. The molecule has 1 aliphatic rings. The highest BCUT2D eigenvalue weighted by atomic mass is 32.3. The van der Waals surface area contributed by atoms with E-state index < -0.39 is 0 Å². The summed E-state index contributed by atoms with van der Waals surface area (Å²) in [6, 6.07) is 0. The molecule has 1 aliphatic heterocycles. The zero-order valence-corrected chi connectivity index (χ0v) is 7.75. The molecular formula is C5H10S3. The van der Waals surface area contributed by atoms with Crippen LogP contribution in [-0.4, -0.2) is 21.2 Å². The first kappa shape index (κ1) is 7.16. The molecule has 0 amide bonds. The van der Waals surface area contributed by atoms with Crippen molar-refractivity contribution in [3.05, 3.63) is 0 Å². The monoisotopic (exact) mass is 166 g/mol. The lowest BCUT2D eigenvalue weighted by atomic mass is 10.6. The van der Waals surface area contributed by atoms with Gasteiger partial charge in [-0.15, -0.1) is 35.3 Å². The van der Waals surface area contributed by atoms with Crippen LogP contribution < -0.4 is 0 Å². The second-order valence-electron chi connectivity index (χ2n) is 1.77. The zero-order valence-electron chi connectivity index (χ0n) is 5.30. The maximum atomic E-state index is 2.29. The van der Waals surface area contributed by atoms with E-state index in [-0.39, 0.29) is 0 Å². The second-order valence-corrected chi connectivity index (χ2v) is 6.24. The third-order valence-corrected chi connectivity index (χ3v) is 7.21. The minimum absolute atomic E-state index is 0.542. The van der Waals surface area contributed by atoms with Crippen molar-refractivity contribution in [3.8, 4) is 0 Å². The SMILES string of the molecule is CSC1(SC)SC1C. The maximum Gasteiger partial charge on any atom is 0.118 e. The summed E-state index contributed by atoms with van der Waals surface area (Å²) in [4.78, 5) is 0. The molecule has 0 bridgehead atoms. The summed E-state index contributed by atoms with van der Waals surface area (Å²) in [5.74, 6) is 0. The van der Waals surface area contributed by atoms with Crippen molar-refractivity contribution in [3.63, 3.8) is 0 Å². The van der Waals surface area contributed by atoms with E-state index in [4.69, 9.17) is 0 Å². The van der Waals surface area contributed by atoms with E-state index >= 15 is 0 Å².